The van der Waals surface area contributed by atoms with Crippen molar-refractivity contribution in [1.82, 2.24) is 4.57 Å². The van der Waals surface area contributed by atoms with Gasteiger partial charge in [0.1, 0.15) is 17.6 Å². The summed E-state index contributed by atoms with van der Waals surface area (Å²) in [6.07, 6.45) is 1.61. The number of anilines is 1. The largest absolute Gasteiger partial charge is 0.491 e. The lowest BCUT2D eigenvalue weighted by Gasteiger charge is -2.26. The molecule has 1 aromatic carbocycles. The lowest BCUT2D eigenvalue weighted by Crippen LogP contribution is -2.40. The molecular formula is C26H29N3O5S. The van der Waals surface area contributed by atoms with Gasteiger partial charge in [0.05, 0.1) is 28.5 Å². The third-order valence-corrected chi connectivity index (χ3v) is 6.40. The molecule has 3 heterocycles. The maximum Gasteiger partial charge on any atom is 0.338 e. The average molecular weight is 496 g/mol. The summed E-state index contributed by atoms with van der Waals surface area (Å²) in [5.74, 6) is 1.33. The number of benzene rings is 1. The van der Waals surface area contributed by atoms with Crippen molar-refractivity contribution in [3.05, 3.63) is 78.7 Å². The molecule has 0 aliphatic carbocycles. The zero-order chi connectivity index (χ0) is 25.3. The Balaban J connectivity index is 1.95. The van der Waals surface area contributed by atoms with E-state index in [0.29, 0.717) is 43.6 Å². The molecule has 1 aliphatic heterocycles. The maximum atomic E-state index is 13.7. The van der Waals surface area contributed by atoms with Crippen LogP contribution in [0.2, 0.25) is 0 Å². The molecule has 0 saturated heterocycles. The molecule has 0 radical (unpaired) electrons. The molecule has 1 atom stereocenters. The van der Waals surface area contributed by atoms with Crippen LogP contribution in [-0.2, 0) is 9.53 Å². The SMILES string of the molecule is CCOC(=O)C1=C(C)N=c2sc(=Cc3ccc(N(C)C)o3)c(=O)n2C1c1ccccc1OC(C)C. The van der Waals surface area contributed by atoms with E-state index in [0.717, 1.165) is 0 Å². The molecule has 8 nitrogen and oxygen atoms in total. The second-order valence-corrected chi connectivity index (χ2v) is 9.59. The third-order valence-electron chi connectivity index (χ3n) is 5.42. The number of carbonyl (C=O) groups is 1. The number of furan rings is 1. The number of thiazole rings is 1. The minimum absolute atomic E-state index is 0.0899. The topological polar surface area (TPSA) is 86.3 Å². The van der Waals surface area contributed by atoms with Crippen LogP contribution in [0.4, 0.5) is 5.88 Å². The van der Waals surface area contributed by atoms with Gasteiger partial charge in [0.15, 0.2) is 10.7 Å². The van der Waals surface area contributed by atoms with E-state index in [1.54, 1.807) is 24.5 Å². The normalized spacial score (nSPS) is 15.7. The molecule has 9 heteroatoms. The van der Waals surface area contributed by atoms with Crippen LogP contribution < -0.4 is 24.5 Å². The van der Waals surface area contributed by atoms with E-state index in [-0.39, 0.29) is 18.3 Å². The van der Waals surface area contributed by atoms with Crippen molar-refractivity contribution in [2.75, 3.05) is 25.6 Å². The first-order valence-electron chi connectivity index (χ1n) is 11.4. The van der Waals surface area contributed by atoms with Gasteiger partial charge in [-0.15, -0.1) is 0 Å². The number of fused-ring (bicyclic) bond motifs is 1. The Morgan fingerprint density at radius 1 is 1.26 bits per heavy atom. The monoisotopic (exact) mass is 495 g/mol. The molecule has 0 N–H and O–H groups in total. The Bertz CT molecular complexity index is 1460. The molecule has 0 spiro atoms. The van der Waals surface area contributed by atoms with Gasteiger partial charge in [0, 0.05) is 31.8 Å². The van der Waals surface area contributed by atoms with Gasteiger partial charge in [-0.25, -0.2) is 9.79 Å². The minimum atomic E-state index is -0.740. The summed E-state index contributed by atoms with van der Waals surface area (Å²) < 4.78 is 19.2. The predicted molar refractivity (Wildman–Crippen MR) is 136 cm³/mol. The predicted octanol–water partition coefficient (Wildman–Crippen LogP) is 3.24. The van der Waals surface area contributed by atoms with Crippen molar-refractivity contribution in [3.63, 3.8) is 0 Å². The van der Waals surface area contributed by atoms with Crippen LogP contribution in [-0.4, -0.2) is 37.3 Å². The van der Waals surface area contributed by atoms with E-state index in [9.17, 15) is 9.59 Å². The van der Waals surface area contributed by atoms with Gasteiger partial charge >= 0.3 is 5.97 Å². The second kappa shape index (κ2) is 9.95. The summed E-state index contributed by atoms with van der Waals surface area (Å²) in [5.41, 5.74) is 1.25. The molecule has 184 valence electrons. The van der Waals surface area contributed by atoms with Crippen LogP contribution in [0.1, 0.15) is 45.1 Å². The summed E-state index contributed by atoms with van der Waals surface area (Å²) in [6, 6.07) is 10.4. The Hall–Kier alpha value is -3.59. The Kier molecular flexibility index (Phi) is 6.98. The number of hydrogen-bond acceptors (Lipinski definition) is 8. The fourth-order valence-electron chi connectivity index (χ4n) is 3.94. The minimum Gasteiger partial charge on any atom is -0.491 e. The van der Waals surface area contributed by atoms with Crippen molar-refractivity contribution < 1.29 is 18.7 Å². The average Bonchev–Trinajstić information content (AvgIpc) is 3.38. The number of aromatic nitrogens is 1. The third kappa shape index (κ3) is 4.81. The standard InChI is InChI=1S/C26H29N3O5S/c1-7-32-25(31)22-16(4)27-26-29(23(22)18-10-8-9-11-19(18)33-15(2)3)24(30)20(35-26)14-17-12-13-21(34-17)28(5)6/h8-15,23H,7H2,1-6H3. The lowest BCUT2D eigenvalue weighted by molar-refractivity contribution is -0.139. The van der Waals surface area contributed by atoms with Gasteiger partial charge in [-0.3, -0.25) is 9.36 Å². The smallest absolute Gasteiger partial charge is 0.338 e. The number of allylic oxidation sites excluding steroid dienone is 1. The second-order valence-electron chi connectivity index (χ2n) is 8.58. The Morgan fingerprint density at radius 3 is 2.66 bits per heavy atom. The summed E-state index contributed by atoms with van der Waals surface area (Å²) in [5, 5.41) is 0. The summed E-state index contributed by atoms with van der Waals surface area (Å²) >= 11 is 1.25. The zero-order valence-corrected chi connectivity index (χ0v) is 21.5. The van der Waals surface area contributed by atoms with Gasteiger partial charge in [0.25, 0.3) is 5.56 Å². The number of carbonyl (C=O) groups excluding carboxylic acids is 1. The zero-order valence-electron chi connectivity index (χ0n) is 20.7. The van der Waals surface area contributed by atoms with Crippen molar-refractivity contribution in [2.24, 2.45) is 4.99 Å². The summed E-state index contributed by atoms with van der Waals surface area (Å²) in [7, 11) is 3.76. The number of ether oxygens (including phenoxy) is 2. The van der Waals surface area contributed by atoms with Crippen LogP contribution in [0, 0.1) is 0 Å². The van der Waals surface area contributed by atoms with Gasteiger partial charge in [0.2, 0.25) is 0 Å². The van der Waals surface area contributed by atoms with Crippen LogP contribution >= 0.6 is 11.3 Å². The fourth-order valence-corrected chi connectivity index (χ4v) is 4.97. The van der Waals surface area contributed by atoms with Crippen molar-refractivity contribution >= 4 is 29.3 Å². The molecule has 0 amide bonds. The molecule has 3 aromatic rings. The molecule has 2 aromatic heterocycles. The molecule has 0 saturated carbocycles. The van der Waals surface area contributed by atoms with Crippen LogP contribution in [0.3, 0.4) is 0 Å². The highest BCUT2D eigenvalue weighted by Crippen LogP contribution is 2.36. The van der Waals surface area contributed by atoms with Crippen LogP contribution in [0.25, 0.3) is 6.08 Å². The van der Waals surface area contributed by atoms with E-state index in [4.69, 9.17) is 13.9 Å². The summed E-state index contributed by atoms with van der Waals surface area (Å²) in [6.45, 7) is 7.59. The van der Waals surface area contributed by atoms with Gasteiger partial charge in [-0.2, -0.15) is 0 Å². The molecule has 35 heavy (non-hydrogen) atoms. The van der Waals surface area contributed by atoms with Crippen LogP contribution in [0.15, 0.2) is 61.9 Å². The van der Waals surface area contributed by atoms with E-state index < -0.39 is 12.0 Å². The first-order valence-corrected chi connectivity index (χ1v) is 12.2. The molecule has 4 rings (SSSR count). The highest BCUT2D eigenvalue weighted by Gasteiger charge is 2.35. The van der Waals surface area contributed by atoms with E-state index in [2.05, 4.69) is 4.99 Å². The van der Waals surface area contributed by atoms with Gasteiger partial charge < -0.3 is 18.8 Å². The molecule has 1 unspecified atom stereocenters. The van der Waals surface area contributed by atoms with Crippen molar-refractivity contribution in [1.29, 1.82) is 0 Å². The highest BCUT2D eigenvalue weighted by molar-refractivity contribution is 7.07. The van der Waals surface area contributed by atoms with Gasteiger partial charge in [-0.1, -0.05) is 29.5 Å². The maximum absolute atomic E-state index is 13.7. The summed E-state index contributed by atoms with van der Waals surface area (Å²) in [4.78, 5) is 33.8. The van der Waals surface area contributed by atoms with E-state index in [1.165, 1.54) is 11.3 Å². The molecule has 0 fully saturated rings. The highest BCUT2D eigenvalue weighted by atomic mass is 32.1. The lowest BCUT2D eigenvalue weighted by atomic mass is 9.95. The number of esters is 1. The fraction of sp³-hybridized carbons (Fsp3) is 0.346. The Morgan fingerprint density at radius 2 is 2.00 bits per heavy atom. The van der Waals surface area contributed by atoms with E-state index in [1.807, 2.05) is 69.2 Å². The molecule has 1 aliphatic rings. The quantitative estimate of drug-likeness (QED) is 0.468. The Labute approximate surface area is 207 Å². The van der Waals surface area contributed by atoms with Crippen molar-refractivity contribution in [2.45, 2.75) is 39.8 Å². The number of para-hydroxylation sites is 1. The number of nitrogens with zero attached hydrogens (tertiary/aromatic N) is 3. The van der Waals surface area contributed by atoms with E-state index >= 15 is 0 Å². The number of rotatable bonds is 7. The number of hydrogen-bond donors (Lipinski definition) is 0. The van der Waals surface area contributed by atoms with Crippen LogP contribution in [0.5, 0.6) is 5.75 Å². The first-order chi connectivity index (χ1) is 16.7. The molecule has 0 bridgehead atoms. The van der Waals surface area contributed by atoms with Crippen molar-refractivity contribution in [3.8, 4) is 5.75 Å². The first kappa shape index (κ1) is 24.5. The van der Waals surface area contributed by atoms with Gasteiger partial charge in [-0.05, 0) is 39.8 Å². The molecular weight excluding hydrogens is 466 g/mol.